The van der Waals surface area contributed by atoms with Crippen LogP contribution >= 0.6 is 0 Å². The highest BCUT2D eigenvalue weighted by molar-refractivity contribution is 5.18. The van der Waals surface area contributed by atoms with Gasteiger partial charge in [0.25, 0.3) is 0 Å². The van der Waals surface area contributed by atoms with Crippen molar-refractivity contribution in [2.24, 2.45) is 11.8 Å². The highest BCUT2D eigenvalue weighted by Crippen LogP contribution is 2.33. The number of benzene rings is 1. The van der Waals surface area contributed by atoms with Crippen LogP contribution in [0.4, 0.5) is 8.78 Å². The first-order valence-corrected chi connectivity index (χ1v) is 7.89. The average Bonchev–Trinajstić information content (AvgIpc) is 3.26. The molecule has 1 aromatic carbocycles. The Kier molecular flexibility index (Phi) is 4.35. The lowest BCUT2D eigenvalue weighted by Crippen LogP contribution is -2.32. The molecule has 110 valence electrons. The number of halogens is 2. The van der Waals surface area contributed by atoms with E-state index < -0.39 is 11.6 Å². The third kappa shape index (κ3) is 3.57. The van der Waals surface area contributed by atoms with E-state index in [0.29, 0.717) is 11.8 Å². The second-order valence-electron chi connectivity index (χ2n) is 6.44. The first-order valence-electron chi connectivity index (χ1n) is 7.89. The third-order valence-corrected chi connectivity index (χ3v) is 4.79. The maximum Gasteiger partial charge on any atom is 0.159 e. The summed E-state index contributed by atoms with van der Waals surface area (Å²) in [5, 5.41) is 3.63. The van der Waals surface area contributed by atoms with Crippen LogP contribution in [0.3, 0.4) is 0 Å². The molecule has 3 rings (SSSR count). The summed E-state index contributed by atoms with van der Waals surface area (Å²) in [5.41, 5.74) is 0.937. The Morgan fingerprint density at radius 1 is 0.950 bits per heavy atom. The number of rotatable bonds is 5. The molecule has 2 saturated carbocycles. The molecule has 0 bridgehead atoms. The van der Waals surface area contributed by atoms with Gasteiger partial charge in [0.2, 0.25) is 0 Å². The van der Waals surface area contributed by atoms with Gasteiger partial charge in [-0.05, 0) is 68.2 Å². The third-order valence-electron chi connectivity index (χ3n) is 4.79. The molecule has 2 aliphatic carbocycles. The molecular formula is C17H23F2N. The molecule has 0 aromatic heterocycles. The van der Waals surface area contributed by atoms with Gasteiger partial charge in [0.1, 0.15) is 0 Å². The molecule has 20 heavy (non-hydrogen) atoms. The second kappa shape index (κ2) is 6.21. The van der Waals surface area contributed by atoms with Crippen molar-refractivity contribution in [1.82, 2.24) is 5.32 Å². The van der Waals surface area contributed by atoms with Crippen LogP contribution in [0.2, 0.25) is 0 Å². The van der Waals surface area contributed by atoms with Crippen molar-refractivity contribution in [2.45, 2.75) is 51.0 Å². The molecule has 0 radical (unpaired) electrons. The molecule has 2 fully saturated rings. The van der Waals surface area contributed by atoms with Gasteiger partial charge in [0, 0.05) is 6.04 Å². The van der Waals surface area contributed by atoms with E-state index in [-0.39, 0.29) is 0 Å². The van der Waals surface area contributed by atoms with E-state index in [4.69, 9.17) is 0 Å². The number of hydrogen-bond acceptors (Lipinski definition) is 1. The van der Waals surface area contributed by atoms with Gasteiger partial charge in [-0.1, -0.05) is 18.9 Å². The fraction of sp³-hybridized carbons (Fsp3) is 0.647. The fourth-order valence-corrected chi connectivity index (χ4v) is 3.40. The summed E-state index contributed by atoms with van der Waals surface area (Å²) in [5.74, 6) is -0.160. The monoisotopic (exact) mass is 279 g/mol. The first-order chi connectivity index (χ1) is 9.72. The molecular weight excluding hydrogens is 256 g/mol. The average molecular weight is 279 g/mol. The van der Waals surface area contributed by atoms with Crippen molar-refractivity contribution < 1.29 is 8.78 Å². The zero-order chi connectivity index (χ0) is 13.9. The van der Waals surface area contributed by atoms with Crippen LogP contribution in [0.1, 0.15) is 44.1 Å². The van der Waals surface area contributed by atoms with Crippen molar-refractivity contribution in [3.05, 3.63) is 35.4 Å². The lowest BCUT2D eigenvalue weighted by Gasteiger charge is -2.32. The normalized spacial score (nSPS) is 26.7. The molecule has 1 N–H and O–H groups in total. The van der Waals surface area contributed by atoms with Crippen LogP contribution < -0.4 is 5.32 Å². The zero-order valence-electron chi connectivity index (χ0n) is 11.9. The van der Waals surface area contributed by atoms with Crippen LogP contribution in [0.5, 0.6) is 0 Å². The molecule has 0 spiro atoms. The van der Waals surface area contributed by atoms with Gasteiger partial charge >= 0.3 is 0 Å². The molecule has 1 aromatic rings. The van der Waals surface area contributed by atoms with E-state index in [1.165, 1.54) is 50.7 Å². The Labute approximate surface area is 119 Å². The Morgan fingerprint density at radius 3 is 2.40 bits per heavy atom. The topological polar surface area (TPSA) is 12.0 Å². The van der Waals surface area contributed by atoms with Gasteiger partial charge in [-0.2, -0.15) is 0 Å². The van der Waals surface area contributed by atoms with Crippen LogP contribution in [-0.2, 0) is 6.42 Å². The van der Waals surface area contributed by atoms with Gasteiger partial charge < -0.3 is 5.32 Å². The standard InChI is InChI=1S/C17H23F2N/c18-16-8-5-12(10-17(16)19)9-13-3-1-2-4-14(13)11-20-15-6-7-15/h5,8,10,13-15,20H,1-4,6-7,9,11H2. The van der Waals surface area contributed by atoms with Crippen molar-refractivity contribution in [1.29, 1.82) is 0 Å². The summed E-state index contributed by atoms with van der Waals surface area (Å²) in [4.78, 5) is 0. The predicted octanol–water partition coefficient (Wildman–Crippen LogP) is 4.07. The van der Waals surface area contributed by atoms with Crippen LogP contribution in [0.25, 0.3) is 0 Å². The number of hydrogen-bond donors (Lipinski definition) is 1. The Hall–Kier alpha value is -0.960. The van der Waals surface area contributed by atoms with Crippen LogP contribution in [0.15, 0.2) is 18.2 Å². The maximum atomic E-state index is 13.3. The van der Waals surface area contributed by atoms with E-state index in [0.717, 1.165) is 24.6 Å². The molecule has 0 aliphatic heterocycles. The van der Waals surface area contributed by atoms with Crippen molar-refractivity contribution in [3.8, 4) is 0 Å². The summed E-state index contributed by atoms with van der Waals surface area (Å²) in [6.45, 7) is 1.10. The lowest BCUT2D eigenvalue weighted by atomic mass is 9.76. The van der Waals surface area contributed by atoms with Crippen molar-refractivity contribution in [3.63, 3.8) is 0 Å². The molecule has 2 unspecified atom stereocenters. The summed E-state index contributed by atoms with van der Waals surface area (Å²) < 4.78 is 26.3. The molecule has 0 heterocycles. The molecule has 0 saturated heterocycles. The molecule has 2 atom stereocenters. The molecule has 2 aliphatic rings. The Bertz CT molecular complexity index is 456. The summed E-state index contributed by atoms with van der Waals surface area (Å²) >= 11 is 0. The van der Waals surface area contributed by atoms with E-state index in [9.17, 15) is 8.78 Å². The van der Waals surface area contributed by atoms with Gasteiger partial charge in [-0.25, -0.2) is 8.78 Å². The van der Waals surface area contributed by atoms with Gasteiger partial charge in [0.15, 0.2) is 11.6 Å². The molecule has 3 heteroatoms. The Balaban J connectivity index is 1.61. The van der Waals surface area contributed by atoms with Crippen molar-refractivity contribution in [2.75, 3.05) is 6.54 Å². The molecule has 0 amide bonds. The highest BCUT2D eigenvalue weighted by Gasteiger charge is 2.28. The van der Waals surface area contributed by atoms with E-state index in [2.05, 4.69) is 5.32 Å². The SMILES string of the molecule is Fc1ccc(CC2CCCCC2CNC2CC2)cc1F. The second-order valence-corrected chi connectivity index (χ2v) is 6.44. The minimum atomic E-state index is -0.746. The molecule has 1 nitrogen and oxygen atoms in total. The van der Waals surface area contributed by atoms with Crippen molar-refractivity contribution >= 4 is 0 Å². The largest absolute Gasteiger partial charge is 0.314 e. The van der Waals surface area contributed by atoms with Crippen LogP contribution in [0, 0.1) is 23.5 Å². The smallest absolute Gasteiger partial charge is 0.159 e. The summed E-state index contributed by atoms with van der Waals surface area (Å²) in [7, 11) is 0. The Morgan fingerprint density at radius 2 is 1.70 bits per heavy atom. The minimum absolute atomic E-state index is 0.611. The summed E-state index contributed by atoms with van der Waals surface area (Å²) in [6, 6.07) is 5.11. The van der Waals surface area contributed by atoms with Gasteiger partial charge in [-0.15, -0.1) is 0 Å². The van der Waals surface area contributed by atoms with Crippen LogP contribution in [-0.4, -0.2) is 12.6 Å². The zero-order valence-corrected chi connectivity index (χ0v) is 11.9. The van der Waals surface area contributed by atoms with E-state index in [1.807, 2.05) is 0 Å². The lowest BCUT2D eigenvalue weighted by molar-refractivity contribution is 0.228. The minimum Gasteiger partial charge on any atom is -0.314 e. The summed E-state index contributed by atoms with van der Waals surface area (Å²) in [6.07, 6.45) is 8.60. The van der Waals surface area contributed by atoms with E-state index >= 15 is 0 Å². The first kappa shape index (κ1) is 14.0. The predicted molar refractivity (Wildman–Crippen MR) is 76.5 cm³/mol. The fourth-order valence-electron chi connectivity index (χ4n) is 3.40. The van der Waals surface area contributed by atoms with Gasteiger partial charge in [-0.3, -0.25) is 0 Å². The van der Waals surface area contributed by atoms with E-state index in [1.54, 1.807) is 6.07 Å². The highest BCUT2D eigenvalue weighted by atomic mass is 19.2. The maximum absolute atomic E-state index is 13.3. The quantitative estimate of drug-likeness (QED) is 0.857. The van der Waals surface area contributed by atoms with Gasteiger partial charge in [0.05, 0.1) is 0 Å². The number of nitrogens with one attached hydrogen (secondary N) is 1.